The minimum Gasteiger partial charge on any atom is -0.488 e. The highest BCUT2D eigenvalue weighted by Gasteiger charge is 2.29. The molecule has 0 fully saturated rings. The first-order valence-corrected chi connectivity index (χ1v) is 9.94. The van der Waals surface area contributed by atoms with Crippen molar-refractivity contribution >= 4 is 17.5 Å². The first-order chi connectivity index (χ1) is 14.3. The number of carbonyl (C=O) groups excluding carboxylic acids is 2. The molecule has 3 rings (SSSR count). The van der Waals surface area contributed by atoms with Crippen molar-refractivity contribution in [2.75, 3.05) is 24.7 Å². The molecule has 30 heavy (non-hydrogen) atoms. The molecule has 0 saturated carbocycles. The highest BCUT2D eigenvalue weighted by molar-refractivity contribution is 5.98. The fourth-order valence-corrected chi connectivity index (χ4v) is 3.12. The number of halogens is 1. The lowest BCUT2D eigenvalue weighted by Gasteiger charge is -2.32. The Bertz CT molecular complexity index is 910. The zero-order valence-electron chi connectivity index (χ0n) is 17.5. The lowest BCUT2D eigenvalue weighted by Crippen LogP contribution is -2.48. The molecule has 160 valence electrons. The topological polar surface area (TPSA) is 67.9 Å². The summed E-state index contributed by atoms with van der Waals surface area (Å²) in [7, 11) is 0. The van der Waals surface area contributed by atoms with E-state index in [1.54, 1.807) is 35.2 Å². The molecular formula is C23H27FN2O4. The van der Waals surface area contributed by atoms with E-state index in [0.717, 1.165) is 0 Å². The number of rotatable bonds is 7. The first kappa shape index (κ1) is 21.6. The van der Waals surface area contributed by atoms with Crippen LogP contribution in [0.15, 0.2) is 48.5 Å². The second-order valence-corrected chi connectivity index (χ2v) is 8.28. The predicted molar refractivity (Wildman–Crippen MR) is 112 cm³/mol. The Morgan fingerprint density at radius 1 is 1.20 bits per heavy atom. The largest absolute Gasteiger partial charge is 0.488 e. The molecular weight excluding hydrogens is 387 g/mol. The van der Waals surface area contributed by atoms with Crippen LogP contribution < -0.4 is 19.7 Å². The molecule has 1 unspecified atom stereocenters. The van der Waals surface area contributed by atoms with Crippen LogP contribution in [0.2, 0.25) is 0 Å². The average molecular weight is 414 g/mol. The van der Waals surface area contributed by atoms with Crippen LogP contribution in [-0.4, -0.2) is 37.6 Å². The Hall–Kier alpha value is -3.09. The second kappa shape index (κ2) is 9.15. The molecule has 0 aliphatic carbocycles. The number of nitrogens with one attached hydrogen (secondary N) is 1. The van der Waals surface area contributed by atoms with E-state index in [0.29, 0.717) is 11.4 Å². The van der Waals surface area contributed by atoms with E-state index < -0.39 is 5.82 Å². The van der Waals surface area contributed by atoms with Crippen molar-refractivity contribution in [2.45, 2.75) is 33.2 Å². The minimum atomic E-state index is -0.444. The summed E-state index contributed by atoms with van der Waals surface area (Å²) in [6, 6.07) is 13.1. The number of hydrogen-bond donors (Lipinski definition) is 1. The smallest absolute Gasteiger partial charge is 0.265 e. The molecule has 1 N–H and O–H groups in total. The van der Waals surface area contributed by atoms with Gasteiger partial charge in [-0.25, -0.2) is 4.39 Å². The van der Waals surface area contributed by atoms with Crippen molar-refractivity contribution in [1.29, 1.82) is 0 Å². The summed E-state index contributed by atoms with van der Waals surface area (Å²) in [5, 5.41) is 2.97. The third-order valence-corrected chi connectivity index (χ3v) is 4.99. The fraction of sp³-hybridized carbons (Fsp3) is 0.391. The molecule has 1 aliphatic heterocycles. The number of anilines is 1. The second-order valence-electron chi connectivity index (χ2n) is 8.28. The number of ether oxygens (including phenoxy) is 2. The van der Waals surface area contributed by atoms with Crippen molar-refractivity contribution in [1.82, 2.24) is 5.32 Å². The molecule has 0 spiro atoms. The molecule has 1 atom stereocenters. The van der Waals surface area contributed by atoms with Crippen LogP contribution in [0.5, 0.6) is 11.5 Å². The number of hydrogen-bond acceptors (Lipinski definition) is 4. The Kier molecular flexibility index (Phi) is 6.59. The van der Waals surface area contributed by atoms with Crippen molar-refractivity contribution in [3.8, 4) is 11.5 Å². The standard InChI is InChI=1S/C23H27FN2O4/c1-23(2,3)20(14-29-18-10-6-4-8-16(18)24)25-21(27)12-13-26-17-9-5-7-11-19(17)30-15-22(26)28/h4-11,20H,12-15H2,1-3H3,(H,25,27). The van der Waals surface area contributed by atoms with Crippen molar-refractivity contribution in [3.05, 3.63) is 54.3 Å². The van der Waals surface area contributed by atoms with E-state index in [9.17, 15) is 14.0 Å². The van der Waals surface area contributed by atoms with Gasteiger partial charge in [0.05, 0.1) is 11.7 Å². The number of para-hydroxylation sites is 3. The quantitative estimate of drug-likeness (QED) is 0.752. The maximum Gasteiger partial charge on any atom is 0.265 e. The first-order valence-electron chi connectivity index (χ1n) is 9.94. The van der Waals surface area contributed by atoms with Crippen molar-refractivity contribution < 1.29 is 23.5 Å². The summed E-state index contributed by atoms with van der Waals surface area (Å²) in [6.45, 7) is 6.27. The predicted octanol–water partition coefficient (Wildman–Crippen LogP) is 3.55. The van der Waals surface area contributed by atoms with Gasteiger partial charge in [-0.1, -0.05) is 45.0 Å². The summed E-state index contributed by atoms with van der Waals surface area (Å²) < 4.78 is 24.9. The molecule has 2 aromatic carbocycles. The van der Waals surface area contributed by atoms with Gasteiger partial charge in [-0.2, -0.15) is 0 Å². The maximum absolute atomic E-state index is 13.8. The van der Waals surface area contributed by atoms with E-state index >= 15 is 0 Å². The normalized spacial score (nSPS) is 14.5. The summed E-state index contributed by atoms with van der Waals surface area (Å²) in [6.07, 6.45) is 0.131. The SMILES string of the molecule is CC(C)(C)C(COc1ccccc1F)NC(=O)CCN1C(=O)COc2ccccc21. The molecule has 0 aromatic heterocycles. The molecule has 7 heteroatoms. The Morgan fingerprint density at radius 3 is 2.63 bits per heavy atom. The number of benzene rings is 2. The fourth-order valence-electron chi connectivity index (χ4n) is 3.12. The van der Waals surface area contributed by atoms with E-state index in [4.69, 9.17) is 9.47 Å². The number of carbonyl (C=O) groups is 2. The Balaban J connectivity index is 1.60. The average Bonchev–Trinajstić information content (AvgIpc) is 2.70. The van der Waals surface area contributed by atoms with Crippen LogP contribution in [0.25, 0.3) is 0 Å². The van der Waals surface area contributed by atoms with Crippen LogP contribution in [0, 0.1) is 11.2 Å². The zero-order chi connectivity index (χ0) is 21.7. The van der Waals surface area contributed by atoms with Crippen LogP contribution >= 0.6 is 0 Å². The van der Waals surface area contributed by atoms with Gasteiger partial charge in [-0.15, -0.1) is 0 Å². The van der Waals surface area contributed by atoms with E-state index in [1.165, 1.54) is 6.07 Å². The molecule has 2 aromatic rings. The third-order valence-electron chi connectivity index (χ3n) is 4.99. The van der Waals surface area contributed by atoms with Gasteiger partial charge in [0.2, 0.25) is 5.91 Å². The van der Waals surface area contributed by atoms with Gasteiger partial charge in [0.15, 0.2) is 18.2 Å². The lowest BCUT2D eigenvalue weighted by molar-refractivity contribution is -0.123. The molecule has 2 amide bonds. The minimum absolute atomic E-state index is 0.0419. The molecule has 0 bridgehead atoms. The van der Waals surface area contributed by atoms with E-state index in [-0.39, 0.29) is 55.2 Å². The monoisotopic (exact) mass is 414 g/mol. The number of fused-ring (bicyclic) bond motifs is 1. The van der Waals surface area contributed by atoms with E-state index in [1.807, 2.05) is 32.9 Å². The number of nitrogens with zero attached hydrogens (tertiary/aromatic N) is 1. The third kappa shape index (κ3) is 5.28. The van der Waals surface area contributed by atoms with E-state index in [2.05, 4.69) is 5.32 Å². The van der Waals surface area contributed by atoms with Crippen LogP contribution in [0.3, 0.4) is 0 Å². The van der Waals surface area contributed by atoms with Gasteiger partial charge < -0.3 is 19.7 Å². The van der Waals surface area contributed by atoms with Crippen molar-refractivity contribution in [2.24, 2.45) is 5.41 Å². The van der Waals surface area contributed by atoms with Gasteiger partial charge in [0.1, 0.15) is 12.4 Å². The van der Waals surface area contributed by atoms with Gasteiger partial charge >= 0.3 is 0 Å². The number of amides is 2. The molecule has 6 nitrogen and oxygen atoms in total. The maximum atomic E-state index is 13.8. The highest BCUT2D eigenvalue weighted by Crippen LogP contribution is 2.31. The highest BCUT2D eigenvalue weighted by atomic mass is 19.1. The zero-order valence-corrected chi connectivity index (χ0v) is 17.5. The molecule has 0 saturated heterocycles. The molecule has 1 aliphatic rings. The Labute approximate surface area is 176 Å². The van der Waals surface area contributed by atoms with Gasteiger partial charge in [-0.05, 0) is 29.7 Å². The summed E-state index contributed by atoms with van der Waals surface area (Å²) >= 11 is 0. The Morgan fingerprint density at radius 2 is 1.90 bits per heavy atom. The van der Waals surface area contributed by atoms with Crippen molar-refractivity contribution in [3.63, 3.8) is 0 Å². The summed E-state index contributed by atoms with van der Waals surface area (Å²) in [5.41, 5.74) is 0.360. The lowest BCUT2D eigenvalue weighted by atomic mass is 9.87. The molecule has 0 radical (unpaired) electrons. The van der Waals surface area contributed by atoms with Gasteiger partial charge in [0, 0.05) is 13.0 Å². The summed E-state index contributed by atoms with van der Waals surface area (Å²) in [4.78, 5) is 26.5. The van der Waals surface area contributed by atoms with Gasteiger partial charge in [0.25, 0.3) is 5.91 Å². The van der Waals surface area contributed by atoms with Crippen LogP contribution in [-0.2, 0) is 9.59 Å². The van der Waals surface area contributed by atoms with Crippen LogP contribution in [0.4, 0.5) is 10.1 Å². The summed E-state index contributed by atoms with van der Waals surface area (Å²) in [5.74, 6) is -0.0542. The molecule has 1 heterocycles. The van der Waals surface area contributed by atoms with Gasteiger partial charge in [-0.3, -0.25) is 9.59 Å². The van der Waals surface area contributed by atoms with Crippen LogP contribution in [0.1, 0.15) is 27.2 Å².